The van der Waals surface area contributed by atoms with Crippen molar-refractivity contribution < 1.29 is 9.53 Å². The lowest BCUT2D eigenvalue weighted by Crippen LogP contribution is -2.20. The fourth-order valence-corrected chi connectivity index (χ4v) is 3.42. The van der Waals surface area contributed by atoms with Gasteiger partial charge in [-0.3, -0.25) is 9.36 Å². The lowest BCUT2D eigenvalue weighted by Gasteiger charge is -2.20. The minimum absolute atomic E-state index is 0.0479. The lowest BCUT2D eigenvalue weighted by molar-refractivity contribution is 0.0955. The zero-order valence-corrected chi connectivity index (χ0v) is 16.7. The third-order valence-electron chi connectivity index (χ3n) is 4.85. The molecule has 1 aliphatic heterocycles. The van der Waals surface area contributed by atoms with E-state index in [2.05, 4.69) is 43.1 Å². The van der Waals surface area contributed by atoms with E-state index in [-0.39, 0.29) is 5.91 Å². The quantitative estimate of drug-likeness (QED) is 0.744. The van der Waals surface area contributed by atoms with Crippen LogP contribution in [0.1, 0.15) is 30.1 Å². The van der Waals surface area contributed by atoms with Crippen molar-refractivity contribution in [2.24, 2.45) is 0 Å². The van der Waals surface area contributed by atoms with Gasteiger partial charge in [0.2, 0.25) is 0 Å². The van der Waals surface area contributed by atoms with Crippen LogP contribution in [0.3, 0.4) is 0 Å². The van der Waals surface area contributed by atoms with Gasteiger partial charge in [-0.25, -0.2) is 0 Å². The van der Waals surface area contributed by atoms with Crippen LogP contribution in [-0.2, 0) is 6.42 Å². The number of carbonyl (C=O) groups excluding carboxylic acids is 1. The van der Waals surface area contributed by atoms with Gasteiger partial charge in [0.15, 0.2) is 0 Å². The van der Waals surface area contributed by atoms with E-state index in [1.165, 1.54) is 5.56 Å². The molecular formula is C22H29N3O2. The Morgan fingerprint density at radius 3 is 2.81 bits per heavy atom. The Bertz CT molecular complexity index is 877. The largest absolute Gasteiger partial charge is 0.497 e. The van der Waals surface area contributed by atoms with Crippen molar-refractivity contribution in [3.05, 3.63) is 54.0 Å². The first kappa shape index (κ1) is 19.2. The van der Waals surface area contributed by atoms with Gasteiger partial charge in [-0.1, -0.05) is 13.0 Å². The zero-order valence-electron chi connectivity index (χ0n) is 16.7. The van der Waals surface area contributed by atoms with Gasteiger partial charge in [-0.15, -0.1) is 0 Å². The fraction of sp³-hybridized carbons (Fsp3) is 0.409. The summed E-state index contributed by atoms with van der Waals surface area (Å²) in [6.45, 7) is 3.99. The van der Waals surface area contributed by atoms with Crippen LogP contribution in [0.15, 0.2) is 48.4 Å². The Labute approximate surface area is 161 Å². The maximum absolute atomic E-state index is 13.3. The van der Waals surface area contributed by atoms with E-state index in [1.807, 2.05) is 30.6 Å². The first-order valence-corrected chi connectivity index (χ1v) is 9.54. The molecule has 0 radical (unpaired) electrons. The Hall–Kier alpha value is -2.53. The van der Waals surface area contributed by atoms with Crippen LogP contribution in [0.5, 0.6) is 5.75 Å². The molecule has 5 heteroatoms. The van der Waals surface area contributed by atoms with E-state index in [9.17, 15) is 4.79 Å². The van der Waals surface area contributed by atoms with E-state index >= 15 is 0 Å². The highest BCUT2D eigenvalue weighted by Gasteiger charge is 2.19. The predicted octanol–water partition coefficient (Wildman–Crippen LogP) is 3.91. The van der Waals surface area contributed by atoms with Gasteiger partial charge in [0.25, 0.3) is 5.91 Å². The second-order valence-electron chi connectivity index (χ2n) is 7.25. The van der Waals surface area contributed by atoms with E-state index in [0.29, 0.717) is 6.42 Å². The van der Waals surface area contributed by atoms with Crippen LogP contribution in [0.2, 0.25) is 0 Å². The second-order valence-corrected chi connectivity index (χ2v) is 7.25. The molecule has 144 valence electrons. The molecule has 0 atom stereocenters. The summed E-state index contributed by atoms with van der Waals surface area (Å²) in [6.07, 6.45) is 10.7. The molecule has 0 amide bonds. The molecule has 0 saturated carbocycles. The summed E-state index contributed by atoms with van der Waals surface area (Å²) >= 11 is 0. The fourth-order valence-electron chi connectivity index (χ4n) is 3.42. The first-order valence-electron chi connectivity index (χ1n) is 9.54. The van der Waals surface area contributed by atoms with Crippen LogP contribution in [-0.4, -0.2) is 54.6 Å². The average Bonchev–Trinajstić information content (AvgIpc) is 3.04. The molecule has 0 saturated heterocycles. The summed E-state index contributed by atoms with van der Waals surface area (Å²) in [5, 5.41) is 1.09. The molecule has 0 spiro atoms. The first-order chi connectivity index (χ1) is 13.0. The minimum Gasteiger partial charge on any atom is -0.497 e. The number of ether oxygens (including phenoxy) is 1. The molecular weight excluding hydrogens is 338 g/mol. The van der Waals surface area contributed by atoms with E-state index < -0.39 is 0 Å². The topological polar surface area (TPSA) is 37.7 Å². The summed E-state index contributed by atoms with van der Waals surface area (Å²) in [5.41, 5.74) is 2.92. The maximum atomic E-state index is 13.3. The SMILES string of the molecule is CCCN1C=CCC(C(=O)n2cc(CCN(C)C)c3cc(OC)ccc32)=C1. The average molecular weight is 367 g/mol. The molecule has 0 N–H and O–H groups in total. The molecule has 0 bridgehead atoms. The number of fused-ring (bicyclic) bond motifs is 1. The Morgan fingerprint density at radius 2 is 2.11 bits per heavy atom. The second kappa shape index (κ2) is 8.44. The molecule has 27 heavy (non-hydrogen) atoms. The van der Waals surface area contributed by atoms with Crippen LogP contribution in [0.25, 0.3) is 10.9 Å². The molecule has 3 rings (SSSR count). The zero-order chi connectivity index (χ0) is 19.4. The van der Waals surface area contributed by atoms with Crippen LogP contribution < -0.4 is 4.74 Å². The van der Waals surface area contributed by atoms with Gasteiger partial charge in [-0.05, 0) is 63.3 Å². The Kier molecular flexibility index (Phi) is 6.01. The summed E-state index contributed by atoms with van der Waals surface area (Å²) < 4.78 is 7.20. The summed E-state index contributed by atoms with van der Waals surface area (Å²) in [5.74, 6) is 0.861. The molecule has 0 unspecified atom stereocenters. The van der Waals surface area contributed by atoms with Crippen LogP contribution in [0, 0.1) is 0 Å². The monoisotopic (exact) mass is 367 g/mol. The summed E-state index contributed by atoms with van der Waals surface area (Å²) in [6, 6.07) is 5.93. The molecule has 1 aromatic carbocycles. The van der Waals surface area contributed by atoms with Crippen molar-refractivity contribution in [3.8, 4) is 5.75 Å². The third-order valence-corrected chi connectivity index (χ3v) is 4.85. The van der Waals surface area contributed by atoms with Crippen molar-refractivity contribution in [2.75, 3.05) is 34.3 Å². The van der Waals surface area contributed by atoms with Crippen molar-refractivity contribution in [2.45, 2.75) is 26.2 Å². The van der Waals surface area contributed by atoms with Crippen LogP contribution in [0.4, 0.5) is 0 Å². The molecule has 0 aliphatic carbocycles. The molecule has 5 nitrogen and oxygen atoms in total. The van der Waals surface area contributed by atoms with E-state index in [0.717, 1.165) is 48.2 Å². The third kappa shape index (κ3) is 4.25. The highest BCUT2D eigenvalue weighted by molar-refractivity contribution is 6.03. The van der Waals surface area contributed by atoms with Crippen molar-refractivity contribution in [1.82, 2.24) is 14.4 Å². The van der Waals surface area contributed by atoms with Crippen molar-refractivity contribution in [1.29, 1.82) is 0 Å². The lowest BCUT2D eigenvalue weighted by atomic mass is 10.1. The number of likely N-dealkylation sites (N-methyl/N-ethyl adjacent to an activating group) is 1. The van der Waals surface area contributed by atoms with Gasteiger partial charge in [0.05, 0.1) is 12.6 Å². The summed E-state index contributed by atoms with van der Waals surface area (Å²) in [7, 11) is 5.79. The van der Waals surface area contributed by atoms with E-state index in [4.69, 9.17) is 4.74 Å². The van der Waals surface area contributed by atoms with E-state index in [1.54, 1.807) is 11.7 Å². The maximum Gasteiger partial charge on any atom is 0.260 e. The number of rotatable bonds is 7. The minimum atomic E-state index is 0.0479. The molecule has 1 aromatic heterocycles. The number of benzene rings is 1. The number of carbonyl (C=O) groups is 1. The number of nitrogens with zero attached hydrogens (tertiary/aromatic N) is 3. The molecule has 0 fully saturated rings. The molecule has 2 aromatic rings. The number of hydrogen-bond donors (Lipinski definition) is 0. The van der Waals surface area contributed by atoms with Gasteiger partial charge < -0.3 is 14.5 Å². The number of aromatic nitrogens is 1. The van der Waals surface area contributed by atoms with Gasteiger partial charge in [-0.2, -0.15) is 0 Å². The normalized spacial score (nSPS) is 14.1. The number of methoxy groups -OCH3 is 1. The number of allylic oxidation sites excluding steroid dienone is 2. The van der Waals surface area contributed by atoms with Crippen molar-refractivity contribution in [3.63, 3.8) is 0 Å². The number of hydrogen-bond acceptors (Lipinski definition) is 4. The summed E-state index contributed by atoms with van der Waals surface area (Å²) in [4.78, 5) is 17.5. The highest BCUT2D eigenvalue weighted by atomic mass is 16.5. The van der Waals surface area contributed by atoms with Crippen LogP contribution >= 0.6 is 0 Å². The van der Waals surface area contributed by atoms with Crippen molar-refractivity contribution >= 4 is 16.8 Å². The Morgan fingerprint density at radius 1 is 1.30 bits per heavy atom. The van der Waals surface area contributed by atoms with Gasteiger partial charge >= 0.3 is 0 Å². The van der Waals surface area contributed by atoms with Gasteiger partial charge in [0, 0.05) is 36.4 Å². The Balaban J connectivity index is 1.99. The molecule has 2 heterocycles. The predicted molar refractivity (Wildman–Crippen MR) is 110 cm³/mol. The smallest absolute Gasteiger partial charge is 0.260 e. The van der Waals surface area contributed by atoms with Gasteiger partial charge in [0.1, 0.15) is 5.75 Å². The highest BCUT2D eigenvalue weighted by Crippen LogP contribution is 2.28. The standard InChI is InChI=1S/C22H29N3O2/c1-5-11-24-12-6-7-18(15-24)22(26)25-16-17(10-13-23(2)3)20-14-19(27-4)8-9-21(20)25/h6,8-9,12,14-16H,5,7,10-11,13H2,1-4H3. The molecule has 1 aliphatic rings.